The van der Waals surface area contributed by atoms with Crippen LogP contribution in [-0.4, -0.2) is 17.9 Å². The van der Waals surface area contributed by atoms with Crippen molar-refractivity contribution in [1.82, 2.24) is 0 Å². The standard InChI is InChI=1S/C19H22ClN3O2/c1-12(2)18(24)22-15-10-8-14(9-11-15)21-13(3)19(25)23-17-7-5-4-6-16(17)20/h4-13,21H,1-3H3,(H,22,24)(H,23,25). The summed E-state index contributed by atoms with van der Waals surface area (Å²) in [5.74, 6) is -0.301. The lowest BCUT2D eigenvalue weighted by atomic mass is 10.2. The molecule has 0 aliphatic heterocycles. The number of anilines is 3. The number of carbonyl (C=O) groups excluding carboxylic acids is 2. The van der Waals surface area contributed by atoms with Crippen LogP contribution in [0.1, 0.15) is 20.8 Å². The average Bonchev–Trinajstić information content (AvgIpc) is 2.58. The molecule has 0 fully saturated rings. The van der Waals surface area contributed by atoms with Crippen LogP contribution in [0.15, 0.2) is 48.5 Å². The molecule has 0 aliphatic carbocycles. The summed E-state index contributed by atoms with van der Waals surface area (Å²) in [7, 11) is 0. The molecule has 0 aromatic heterocycles. The first-order valence-corrected chi connectivity index (χ1v) is 8.47. The molecule has 2 aromatic carbocycles. The fraction of sp³-hybridized carbons (Fsp3) is 0.263. The molecule has 1 unspecified atom stereocenters. The van der Waals surface area contributed by atoms with Crippen LogP contribution in [0.25, 0.3) is 0 Å². The Morgan fingerprint density at radius 1 is 0.840 bits per heavy atom. The summed E-state index contributed by atoms with van der Waals surface area (Å²) in [5, 5.41) is 9.22. The zero-order valence-electron chi connectivity index (χ0n) is 14.5. The van der Waals surface area contributed by atoms with Gasteiger partial charge in [0, 0.05) is 17.3 Å². The average molecular weight is 360 g/mol. The van der Waals surface area contributed by atoms with Crippen LogP contribution < -0.4 is 16.0 Å². The first kappa shape index (κ1) is 18.8. The van der Waals surface area contributed by atoms with Crippen LogP contribution in [0.2, 0.25) is 5.02 Å². The van der Waals surface area contributed by atoms with Crippen LogP contribution in [0, 0.1) is 5.92 Å². The fourth-order valence-corrected chi connectivity index (χ4v) is 2.24. The molecule has 2 aromatic rings. The molecule has 0 aliphatic rings. The van der Waals surface area contributed by atoms with Crippen molar-refractivity contribution in [2.24, 2.45) is 5.92 Å². The quantitative estimate of drug-likeness (QED) is 0.717. The molecule has 1 atom stereocenters. The second kappa shape index (κ2) is 8.53. The van der Waals surface area contributed by atoms with E-state index in [1.807, 2.05) is 32.0 Å². The lowest BCUT2D eigenvalue weighted by molar-refractivity contribution is -0.119. The molecule has 0 saturated carbocycles. The van der Waals surface area contributed by atoms with Crippen molar-refractivity contribution in [2.45, 2.75) is 26.8 Å². The van der Waals surface area contributed by atoms with E-state index in [4.69, 9.17) is 11.6 Å². The van der Waals surface area contributed by atoms with Gasteiger partial charge in [-0.3, -0.25) is 9.59 Å². The number of halogens is 1. The van der Waals surface area contributed by atoms with Gasteiger partial charge in [0.05, 0.1) is 10.7 Å². The highest BCUT2D eigenvalue weighted by molar-refractivity contribution is 6.33. The molecular formula is C19H22ClN3O2. The zero-order valence-corrected chi connectivity index (χ0v) is 15.2. The van der Waals surface area contributed by atoms with Gasteiger partial charge in [0.25, 0.3) is 0 Å². The normalized spacial score (nSPS) is 11.7. The lowest BCUT2D eigenvalue weighted by Gasteiger charge is -2.16. The van der Waals surface area contributed by atoms with Gasteiger partial charge < -0.3 is 16.0 Å². The topological polar surface area (TPSA) is 70.2 Å². The molecule has 2 amide bonds. The van der Waals surface area contributed by atoms with E-state index < -0.39 is 6.04 Å². The summed E-state index contributed by atoms with van der Waals surface area (Å²) in [6, 6.07) is 13.8. The number of benzene rings is 2. The second-order valence-corrected chi connectivity index (χ2v) is 6.46. The van der Waals surface area contributed by atoms with E-state index in [1.165, 1.54) is 0 Å². The highest BCUT2D eigenvalue weighted by atomic mass is 35.5. The maximum Gasteiger partial charge on any atom is 0.246 e. The van der Waals surface area contributed by atoms with Crippen molar-refractivity contribution in [3.05, 3.63) is 53.6 Å². The van der Waals surface area contributed by atoms with Gasteiger partial charge in [-0.2, -0.15) is 0 Å². The van der Waals surface area contributed by atoms with E-state index in [-0.39, 0.29) is 17.7 Å². The van der Waals surface area contributed by atoms with E-state index in [2.05, 4.69) is 16.0 Å². The molecule has 5 nitrogen and oxygen atoms in total. The minimum Gasteiger partial charge on any atom is -0.374 e. The van der Waals surface area contributed by atoms with E-state index in [0.29, 0.717) is 10.7 Å². The molecule has 3 N–H and O–H groups in total. The van der Waals surface area contributed by atoms with E-state index in [1.54, 1.807) is 37.3 Å². The van der Waals surface area contributed by atoms with E-state index in [0.717, 1.165) is 11.4 Å². The van der Waals surface area contributed by atoms with Gasteiger partial charge in [-0.1, -0.05) is 37.6 Å². The predicted molar refractivity (Wildman–Crippen MR) is 103 cm³/mol. The molecule has 0 spiro atoms. The Hall–Kier alpha value is -2.53. The smallest absolute Gasteiger partial charge is 0.246 e. The SMILES string of the molecule is CC(C)C(=O)Nc1ccc(NC(C)C(=O)Nc2ccccc2Cl)cc1. The van der Waals surface area contributed by atoms with Crippen molar-refractivity contribution in [3.63, 3.8) is 0 Å². The molecular weight excluding hydrogens is 338 g/mol. The summed E-state index contributed by atoms with van der Waals surface area (Å²) in [6.45, 7) is 5.44. The molecule has 0 saturated heterocycles. The lowest BCUT2D eigenvalue weighted by Crippen LogP contribution is -2.31. The van der Waals surface area contributed by atoms with Crippen molar-refractivity contribution >= 4 is 40.5 Å². The van der Waals surface area contributed by atoms with Gasteiger partial charge in [-0.15, -0.1) is 0 Å². The van der Waals surface area contributed by atoms with Crippen molar-refractivity contribution in [3.8, 4) is 0 Å². The first-order chi connectivity index (χ1) is 11.9. The fourth-order valence-electron chi connectivity index (χ4n) is 2.06. The Bertz CT molecular complexity index is 745. The Labute approximate surface area is 152 Å². The van der Waals surface area contributed by atoms with Crippen LogP contribution in [-0.2, 0) is 9.59 Å². The van der Waals surface area contributed by atoms with Crippen LogP contribution in [0.4, 0.5) is 17.1 Å². The zero-order chi connectivity index (χ0) is 18.4. The summed E-state index contributed by atoms with van der Waals surface area (Å²) in [5.41, 5.74) is 2.08. The highest BCUT2D eigenvalue weighted by Gasteiger charge is 2.14. The van der Waals surface area contributed by atoms with Crippen molar-refractivity contribution in [1.29, 1.82) is 0 Å². The summed E-state index contributed by atoms with van der Waals surface area (Å²) < 4.78 is 0. The van der Waals surface area contributed by atoms with Gasteiger partial charge in [0.15, 0.2) is 0 Å². The molecule has 25 heavy (non-hydrogen) atoms. The Balaban J connectivity index is 1.93. The van der Waals surface area contributed by atoms with Gasteiger partial charge in [-0.05, 0) is 43.3 Å². The van der Waals surface area contributed by atoms with E-state index in [9.17, 15) is 9.59 Å². The van der Waals surface area contributed by atoms with E-state index >= 15 is 0 Å². The largest absolute Gasteiger partial charge is 0.374 e. The monoisotopic (exact) mass is 359 g/mol. The molecule has 0 radical (unpaired) electrons. The number of amides is 2. The minimum atomic E-state index is -0.452. The highest BCUT2D eigenvalue weighted by Crippen LogP contribution is 2.21. The summed E-state index contributed by atoms with van der Waals surface area (Å²) in [6.07, 6.45) is 0. The number of hydrogen-bond acceptors (Lipinski definition) is 3. The molecule has 0 bridgehead atoms. The second-order valence-electron chi connectivity index (χ2n) is 6.06. The first-order valence-electron chi connectivity index (χ1n) is 8.09. The number of hydrogen-bond donors (Lipinski definition) is 3. The maximum atomic E-state index is 12.3. The Morgan fingerprint density at radius 2 is 1.44 bits per heavy atom. The Morgan fingerprint density at radius 3 is 2.04 bits per heavy atom. The molecule has 2 rings (SSSR count). The van der Waals surface area contributed by atoms with Gasteiger partial charge in [0.1, 0.15) is 6.04 Å². The number of carbonyl (C=O) groups is 2. The van der Waals surface area contributed by atoms with Gasteiger partial charge >= 0.3 is 0 Å². The Kier molecular flexibility index (Phi) is 6.42. The molecule has 0 heterocycles. The van der Waals surface area contributed by atoms with Gasteiger partial charge in [-0.25, -0.2) is 0 Å². The molecule has 6 heteroatoms. The number of rotatable bonds is 6. The van der Waals surface area contributed by atoms with Crippen LogP contribution >= 0.6 is 11.6 Å². The number of nitrogens with one attached hydrogen (secondary N) is 3. The van der Waals surface area contributed by atoms with Crippen molar-refractivity contribution < 1.29 is 9.59 Å². The third-order valence-electron chi connectivity index (χ3n) is 3.58. The predicted octanol–water partition coefficient (Wildman–Crippen LogP) is 4.37. The third kappa shape index (κ3) is 5.50. The third-order valence-corrected chi connectivity index (χ3v) is 3.91. The molecule has 132 valence electrons. The van der Waals surface area contributed by atoms with Gasteiger partial charge in [0.2, 0.25) is 11.8 Å². The van der Waals surface area contributed by atoms with Crippen LogP contribution in [0.3, 0.4) is 0 Å². The minimum absolute atomic E-state index is 0.0341. The maximum absolute atomic E-state index is 12.3. The summed E-state index contributed by atoms with van der Waals surface area (Å²) >= 11 is 6.04. The number of para-hydroxylation sites is 1. The van der Waals surface area contributed by atoms with Crippen LogP contribution in [0.5, 0.6) is 0 Å². The van der Waals surface area contributed by atoms with Crippen molar-refractivity contribution in [2.75, 3.05) is 16.0 Å². The summed E-state index contributed by atoms with van der Waals surface area (Å²) in [4.78, 5) is 23.9.